The fraction of sp³-hybridized carbons (Fsp3) is 0.167. The highest BCUT2D eigenvalue weighted by Gasteiger charge is 2.00. The molecule has 1 aromatic heterocycles. The van der Waals surface area contributed by atoms with Crippen molar-refractivity contribution in [1.29, 1.82) is 0 Å². The van der Waals surface area contributed by atoms with Crippen molar-refractivity contribution >= 4 is 18.0 Å². The summed E-state index contributed by atoms with van der Waals surface area (Å²) in [5.41, 5.74) is 1.93. The predicted molar refractivity (Wildman–Crippen MR) is 87.7 cm³/mol. The lowest BCUT2D eigenvalue weighted by Gasteiger charge is -2.05. The van der Waals surface area contributed by atoms with Crippen molar-refractivity contribution in [3.63, 3.8) is 0 Å². The molecule has 0 aliphatic heterocycles. The van der Waals surface area contributed by atoms with E-state index in [1.807, 2.05) is 24.3 Å². The summed E-state index contributed by atoms with van der Waals surface area (Å²) in [6, 6.07) is 10.9. The van der Waals surface area contributed by atoms with Crippen LogP contribution in [0.5, 0.6) is 5.75 Å². The Morgan fingerprint density at radius 2 is 2.00 bits per heavy atom. The first-order valence-corrected chi connectivity index (χ1v) is 7.27. The van der Waals surface area contributed by atoms with Crippen LogP contribution >= 0.6 is 0 Å². The Labute approximate surface area is 135 Å². The van der Waals surface area contributed by atoms with Gasteiger partial charge in [-0.15, -0.1) is 0 Å². The maximum absolute atomic E-state index is 11.7. The molecule has 2 aromatic rings. The van der Waals surface area contributed by atoms with Crippen molar-refractivity contribution < 1.29 is 14.3 Å². The first-order chi connectivity index (χ1) is 11.1. The Kier molecular flexibility index (Phi) is 6.06. The molecule has 0 saturated carbocycles. The van der Waals surface area contributed by atoms with E-state index in [2.05, 4.69) is 10.3 Å². The number of benzene rings is 1. The van der Waals surface area contributed by atoms with E-state index in [1.54, 1.807) is 30.6 Å². The van der Waals surface area contributed by atoms with Crippen LogP contribution in [0.2, 0.25) is 0 Å². The second-order valence-electron chi connectivity index (χ2n) is 4.90. The maximum Gasteiger partial charge on any atom is 0.308 e. The van der Waals surface area contributed by atoms with Gasteiger partial charge in [-0.1, -0.05) is 18.2 Å². The third-order valence-electron chi connectivity index (χ3n) is 3.01. The zero-order valence-corrected chi connectivity index (χ0v) is 12.9. The lowest BCUT2D eigenvalue weighted by Crippen LogP contribution is -2.23. The highest BCUT2D eigenvalue weighted by molar-refractivity contribution is 5.91. The molecule has 0 fully saturated rings. The van der Waals surface area contributed by atoms with E-state index in [0.29, 0.717) is 18.7 Å². The molecule has 0 spiro atoms. The molecule has 0 saturated heterocycles. The summed E-state index contributed by atoms with van der Waals surface area (Å²) >= 11 is 0. The summed E-state index contributed by atoms with van der Waals surface area (Å²) in [5, 5.41) is 2.82. The van der Waals surface area contributed by atoms with Gasteiger partial charge in [-0.25, -0.2) is 0 Å². The van der Waals surface area contributed by atoms with Crippen LogP contribution in [-0.2, 0) is 16.0 Å². The van der Waals surface area contributed by atoms with Gasteiger partial charge in [0.1, 0.15) is 5.75 Å². The lowest BCUT2D eigenvalue weighted by atomic mass is 10.1. The molecule has 1 amide bonds. The quantitative estimate of drug-likeness (QED) is 0.505. The van der Waals surface area contributed by atoms with E-state index in [9.17, 15) is 9.59 Å². The fourth-order valence-electron chi connectivity index (χ4n) is 1.93. The fourth-order valence-corrected chi connectivity index (χ4v) is 1.93. The SMILES string of the molecule is CC(=O)Oc1ccc(CCNC(=O)C=Cc2cccnc2)cc1. The first-order valence-electron chi connectivity index (χ1n) is 7.27. The average molecular weight is 310 g/mol. The number of rotatable bonds is 6. The molecule has 5 nitrogen and oxygen atoms in total. The smallest absolute Gasteiger partial charge is 0.308 e. The summed E-state index contributed by atoms with van der Waals surface area (Å²) in [6.45, 7) is 1.89. The van der Waals surface area contributed by atoms with Crippen LogP contribution in [0.15, 0.2) is 54.9 Å². The number of pyridine rings is 1. The molecule has 2 rings (SSSR count). The topological polar surface area (TPSA) is 68.3 Å². The van der Waals surface area contributed by atoms with Crippen LogP contribution in [0.4, 0.5) is 0 Å². The molecule has 118 valence electrons. The van der Waals surface area contributed by atoms with Gasteiger partial charge in [0.25, 0.3) is 0 Å². The van der Waals surface area contributed by atoms with E-state index in [1.165, 1.54) is 13.0 Å². The van der Waals surface area contributed by atoms with Crippen molar-refractivity contribution in [3.8, 4) is 5.75 Å². The van der Waals surface area contributed by atoms with Gasteiger partial charge in [0.05, 0.1) is 0 Å². The van der Waals surface area contributed by atoms with Crippen molar-refractivity contribution in [2.75, 3.05) is 6.54 Å². The zero-order valence-electron chi connectivity index (χ0n) is 12.9. The van der Waals surface area contributed by atoms with Gasteiger partial charge >= 0.3 is 5.97 Å². The molecule has 0 aliphatic rings. The Balaban J connectivity index is 1.75. The van der Waals surface area contributed by atoms with Gasteiger partial charge in [0, 0.05) is 31.9 Å². The largest absolute Gasteiger partial charge is 0.427 e. The first kappa shape index (κ1) is 16.4. The Hall–Kier alpha value is -2.95. The second kappa shape index (κ2) is 8.48. The highest BCUT2D eigenvalue weighted by atomic mass is 16.5. The van der Waals surface area contributed by atoms with Gasteiger partial charge in [0.2, 0.25) is 5.91 Å². The predicted octanol–water partition coefficient (Wildman–Crippen LogP) is 2.38. The molecule has 1 heterocycles. The molecule has 0 radical (unpaired) electrons. The molecule has 1 aromatic carbocycles. The number of nitrogens with zero attached hydrogens (tertiary/aromatic N) is 1. The number of amides is 1. The second-order valence-corrected chi connectivity index (χ2v) is 4.90. The Morgan fingerprint density at radius 1 is 1.22 bits per heavy atom. The number of ether oxygens (including phenoxy) is 1. The minimum absolute atomic E-state index is 0.148. The van der Waals surface area contributed by atoms with Crippen LogP contribution in [-0.4, -0.2) is 23.4 Å². The van der Waals surface area contributed by atoms with Crippen LogP contribution in [0, 0.1) is 0 Å². The van der Waals surface area contributed by atoms with E-state index in [4.69, 9.17) is 4.74 Å². The van der Waals surface area contributed by atoms with Gasteiger partial charge in [0.15, 0.2) is 0 Å². The molecule has 0 unspecified atom stereocenters. The van der Waals surface area contributed by atoms with Crippen molar-refractivity contribution in [2.45, 2.75) is 13.3 Å². The molecule has 23 heavy (non-hydrogen) atoms. The van der Waals surface area contributed by atoms with Gasteiger partial charge in [-0.3, -0.25) is 14.6 Å². The van der Waals surface area contributed by atoms with Gasteiger partial charge < -0.3 is 10.1 Å². The zero-order chi connectivity index (χ0) is 16.5. The van der Waals surface area contributed by atoms with E-state index in [0.717, 1.165) is 11.1 Å². The molecule has 0 aliphatic carbocycles. The third-order valence-corrected chi connectivity index (χ3v) is 3.01. The lowest BCUT2D eigenvalue weighted by molar-refractivity contribution is -0.131. The summed E-state index contributed by atoms with van der Waals surface area (Å²) in [5.74, 6) is 0.0282. The number of nitrogens with one attached hydrogen (secondary N) is 1. The molecule has 1 N–H and O–H groups in total. The van der Waals surface area contributed by atoms with Crippen LogP contribution in [0.1, 0.15) is 18.1 Å². The summed E-state index contributed by atoms with van der Waals surface area (Å²) in [7, 11) is 0. The molecule has 0 bridgehead atoms. The monoisotopic (exact) mass is 310 g/mol. The van der Waals surface area contributed by atoms with Crippen LogP contribution in [0.3, 0.4) is 0 Å². The molecular formula is C18H18N2O3. The number of hydrogen-bond acceptors (Lipinski definition) is 4. The summed E-state index contributed by atoms with van der Waals surface area (Å²) in [6.07, 6.45) is 7.28. The van der Waals surface area contributed by atoms with E-state index >= 15 is 0 Å². The molecular weight excluding hydrogens is 292 g/mol. The molecule has 0 atom stereocenters. The third kappa shape index (κ3) is 6.13. The van der Waals surface area contributed by atoms with Crippen molar-refractivity contribution in [2.24, 2.45) is 0 Å². The van der Waals surface area contributed by atoms with E-state index < -0.39 is 0 Å². The number of aromatic nitrogens is 1. The normalized spacial score (nSPS) is 10.5. The number of carbonyl (C=O) groups is 2. The summed E-state index contributed by atoms with van der Waals surface area (Å²) < 4.78 is 4.96. The average Bonchev–Trinajstić information content (AvgIpc) is 2.55. The van der Waals surface area contributed by atoms with Crippen molar-refractivity contribution in [1.82, 2.24) is 10.3 Å². The van der Waals surface area contributed by atoms with Crippen LogP contribution < -0.4 is 10.1 Å². The van der Waals surface area contributed by atoms with Gasteiger partial charge in [-0.05, 0) is 41.8 Å². The Bertz CT molecular complexity index is 679. The molecule has 5 heteroatoms. The number of hydrogen-bond donors (Lipinski definition) is 1. The standard InChI is InChI=1S/C18H18N2O3/c1-14(21)23-17-7-4-15(5-8-17)10-12-20-18(22)9-6-16-3-2-11-19-13-16/h2-9,11,13H,10,12H2,1H3,(H,20,22). The van der Waals surface area contributed by atoms with Gasteiger partial charge in [-0.2, -0.15) is 0 Å². The number of esters is 1. The summed E-state index contributed by atoms with van der Waals surface area (Å²) in [4.78, 5) is 26.5. The maximum atomic E-state index is 11.7. The minimum atomic E-state index is -0.342. The minimum Gasteiger partial charge on any atom is -0.427 e. The van der Waals surface area contributed by atoms with Crippen LogP contribution in [0.25, 0.3) is 6.08 Å². The number of carbonyl (C=O) groups excluding carboxylic acids is 2. The van der Waals surface area contributed by atoms with Crippen molar-refractivity contribution in [3.05, 3.63) is 66.0 Å². The Morgan fingerprint density at radius 3 is 2.65 bits per heavy atom. The van der Waals surface area contributed by atoms with E-state index in [-0.39, 0.29) is 11.9 Å². The highest BCUT2D eigenvalue weighted by Crippen LogP contribution is 2.12.